The molecule has 0 fully saturated rings. The molecule has 0 atom stereocenters. The van der Waals surface area contributed by atoms with Gasteiger partial charge in [-0.1, -0.05) is 18.2 Å². The number of hydrogen-bond acceptors (Lipinski definition) is 4. The highest BCUT2D eigenvalue weighted by atomic mass is 32.2. The molecule has 5 heteroatoms. The molecular formula is C13H16N4S. The monoisotopic (exact) mass is 260 g/mol. The first-order valence-electron chi connectivity index (χ1n) is 5.93. The van der Waals surface area contributed by atoms with Crippen molar-refractivity contribution in [1.82, 2.24) is 9.97 Å². The molecule has 1 heterocycles. The van der Waals surface area contributed by atoms with Gasteiger partial charge >= 0.3 is 0 Å². The van der Waals surface area contributed by atoms with Gasteiger partial charge in [-0.3, -0.25) is 5.41 Å². The van der Waals surface area contributed by atoms with Gasteiger partial charge in [0, 0.05) is 11.8 Å². The lowest BCUT2D eigenvalue weighted by molar-refractivity contribution is 0.836. The number of thioether (sulfide) groups is 1. The molecule has 0 aliphatic carbocycles. The van der Waals surface area contributed by atoms with Crippen LogP contribution in [-0.4, -0.2) is 21.6 Å². The summed E-state index contributed by atoms with van der Waals surface area (Å²) in [5, 5.41) is 9.29. The Morgan fingerprint density at radius 2 is 2.06 bits per heavy atom. The molecule has 0 aliphatic rings. The van der Waals surface area contributed by atoms with E-state index in [1.54, 1.807) is 18.1 Å². The zero-order valence-electron chi connectivity index (χ0n) is 10.1. The maximum absolute atomic E-state index is 7.15. The zero-order valence-corrected chi connectivity index (χ0v) is 10.9. The minimum Gasteiger partial charge on any atom is -0.388 e. The highest BCUT2D eigenvalue weighted by Crippen LogP contribution is 2.24. The van der Waals surface area contributed by atoms with Crippen LogP contribution in [0.2, 0.25) is 0 Å². The highest BCUT2D eigenvalue weighted by Gasteiger charge is 2.03. The number of aromatic nitrogens is 2. The molecular weight excluding hydrogens is 244 g/mol. The lowest BCUT2D eigenvalue weighted by atomic mass is 10.2. The summed E-state index contributed by atoms with van der Waals surface area (Å²) in [6.07, 6.45) is 4.30. The quantitative estimate of drug-likeness (QED) is 0.275. The summed E-state index contributed by atoms with van der Waals surface area (Å²) in [6, 6.07) is 8.03. The number of benzene rings is 1. The summed E-state index contributed by atoms with van der Waals surface area (Å²) >= 11 is 1.74. The average molecular weight is 260 g/mol. The van der Waals surface area contributed by atoms with Crippen molar-refractivity contribution in [3.63, 3.8) is 0 Å². The topological polar surface area (TPSA) is 75.7 Å². The smallest absolute Gasteiger partial charge is 0.117 e. The normalized spacial score (nSPS) is 10.7. The van der Waals surface area contributed by atoms with E-state index in [0.717, 1.165) is 34.5 Å². The number of nitrogens with two attached hydrogens (primary N) is 1. The Hall–Kier alpha value is -1.62. The summed E-state index contributed by atoms with van der Waals surface area (Å²) in [6.45, 7) is 0. The predicted molar refractivity (Wildman–Crippen MR) is 76.0 cm³/mol. The zero-order chi connectivity index (χ0) is 12.8. The molecule has 0 unspecified atom stereocenters. The van der Waals surface area contributed by atoms with Crippen molar-refractivity contribution >= 4 is 28.5 Å². The largest absolute Gasteiger partial charge is 0.388 e. The summed E-state index contributed by atoms with van der Waals surface area (Å²) in [5.74, 6) is 1.27. The van der Waals surface area contributed by atoms with Gasteiger partial charge in [-0.25, -0.2) is 9.97 Å². The highest BCUT2D eigenvalue weighted by molar-refractivity contribution is 7.99. The summed E-state index contributed by atoms with van der Waals surface area (Å²) in [4.78, 5) is 8.56. The van der Waals surface area contributed by atoms with Gasteiger partial charge in [0.1, 0.15) is 11.4 Å². The molecule has 1 aromatic heterocycles. The maximum atomic E-state index is 7.15. The van der Waals surface area contributed by atoms with E-state index < -0.39 is 0 Å². The lowest BCUT2D eigenvalue weighted by Crippen LogP contribution is -2.08. The molecule has 0 spiro atoms. The maximum Gasteiger partial charge on any atom is 0.117 e. The Morgan fingerprint density at radius 3 is 2.89 bits per heavy atom. The second-order valence-electron chi connectivity index (χ2n) is 4.03. The second-order valence-corrected chi connectivity index (χ2v) is 5.11. The first-order valence-corrected chi connectivity index (χ1v) is 6.91. The Labute approximate surface area is 111 Å². The summed E-state index contributed by atoms with van der Waals surface area (Å²) in [5.41, 5.74) is 6.30. The fourth-order valence-corrected chi connectivity index (χ4v) is 2.67. The number of hydrogen-bond donors (Lipinski definition) is 2. The van der Waals surface area contributed by atoms with E-state index in [-0.39, 0.29) is 5.84 Å². The molecule has 0 aliphatic heterocycles. The first kappa shape index (κ1) is 12.8. The van der Waals surface area contributed by atoms with Crippen LogP contribution in [0.1, 0.15) is 19.3 Å². The van der Waals surface area contributed by atoms with Crippen molar-refractivity contribution in [2.24, 2.45) is 5.73 Å². The molecule has 0 amide bonds. The van der Waals surface area contributed by atoms with Gasteiger partial charge in [-0.2, -0.15) is 0 Å². The van der Waals surface area contributed by atoms with Crippen molar-refractivity contribution in [3.05, 3.63) is 30.6 Å². The van der Waals surface area contributed by atoms with Crippen LogP contribution in [0.4, 0.5) is 0 Å². The minimum atomic E-state index is 0.271. The Kier molecular flexibility index (Phi) is 4.52. The van der Waals surface area contributed by atoms with Crippen LogP contribution >= 0.6 is 11.8 Å². The van der Waals surface area contributed by atoms with Crippen molar-refractivity contribution in [1.29, 1.82) is 5.41 Å². The molecule has 18 heavy (non-hydrogen) atoms. The van der Waals surface area contributed by atoms with E-state index in [4.69, 9.17) is 11.1 Å². The van der Waals surface area contributed by atoms with Crippen LogP contribution in [0.15, 0.2) is 35.6 Å². The van der Waals surface area contributed by atoms with Gasteiger partial charge in [-0.05, 0) is 24.7 Å². The van der Waals surface area contributed by atoms with Gasteiger partial charge < -0.3 is 5.73 Å². The lowest BCUT2D eigenvalue weighted by Gasteiger charge is -2.04. The number of nitrogens with zero attached hydrogens (tertiary/aromatic N) is 2. The molecule has 0 bridgehead atoms. The van der Waals surface area contributed by atoms with Crippen LogP contribution < -0.4 is 5.73 Å². The van der Waals surface area contributed by atoms with Crippen molar-refractivity contribution in [3.8, 4) is 0 Å². The number of unbranched alkanes of at least 4 members (excludes halogenated alkanes) is 1. The number of para-hydroxylation sites is 1. The van der Waals surface area contributed by atoms with Gasteiger partial charge in [0.25, 0.3) is 0 Å². The fraction of sp³-hybridized carbons (Fsp3) is 0.308. The van der Waals surface area contributed by atoms with Crippen molar-refractivity contribution < 1.29 is 0 Å². The van der Waals surface area contributed by atoms with Gasteiger partial charge in [0.2, 0.25) is 0 Å². The molecule has 3 N–H and O–H groups in total. The van der Waals surface area contributed by atoms with Crippen LogP contribution in [0, 0.1) is 5.41 Å². The molecule has 2 aromatic rings. The molecule has 94 valence electrons. The molecule has 0 saturated carbocycles. The molecule has 0 radical (unpaired) electrons. The molecule has 0 saturated heterocycles. The first-order chi connectivity index (χ1) is 8.77. The number of amidine groups is 1. The van der Waals surface area contributed by atoms with E-state index in [0.29, 0.717) is 6.42 Å². The van der Waals surface area contributed by atoms with Crippen LogP contribution in [-0.2, 0) is 0 Å². The number of fused-ring (bicyclic) bond motifs is 1. The molecule has 2 rings (SSSR count). The van der Waals surface area contributed by atoms with E-state index in [9.17, 15) is 0 Å². The van der Waals surface area contributed by atoms with Crippen LogP contribution in [0.5, 0.6) is 0 Å². The SMILES string of the molecule is N=C(N)CCCCSc1ncnc2ccccc12. The van der Waals surface area contributed by atoms with Crippen molar-refractivity contribution in [2.75, 3.05) is 5.75 Å². The average Bonchev–Trinajstić information content (AvgIpc) is 2.38. The van der Waals surface area contributed by atoms with Gasteiger partial charge in [-0.15, -0.1) is 11.8 Å². The van der Waals surface area contributed by atoms with E-state index in [2.05, 4.69) is 9.97 Å². The summed E-state index contributed by atoms with van der Waals surface area (Å²) in [7, 11) is 0. The predicted octanol–water partition coefficient (Wildman–Crippen LogP) is 2.83. The Bertz CT molecular complexity index is 536. The Morgan fingerprint density at radius 1 is 1.22 bits per heavy atom. The fourth-order valence-electron chi connectivity index (χ4n) is 1.68. The summed E-state index contributed by atoms with van der Waals surface area (Å²) < 4.78 is 0. The van der Waals surface area contributed by atoms with Crippen LogP contribution in [0.3, 0.4) is 0 Å². The second kappa shape index (κ2) is 6.35. The molecule has 4 nitrogen and oxygen atoms in total. The number of nitrogens with one attached hydrogen (secondary N) is 1. The van der Waals surface area contributed by atoms with E-state index in [1.807, 2.05) is 24.3 Å². The minimum absolute atomic E-state index is 0.271. The molecule has 1 aromatic carbocycles. The third kappa shape index (κ3) is 3.43. The third-order valence-corrected chi connectivity index (χ3v) is 3.68. The van der Waals surface area contributed by atoms with E-state index >= 15 is 0 Å². The number of rotatable bonds is 6. The third-order valence-electron chi connectivity index (χ3n) is 2.59. The van der Waals surface area contributed by atoms with E-state index in [1.165, 1.54) is 0 Å². The standard InChI is InChI=1S/C13H16N4S/c14-12(15)7-3-4-8-18-13-10-5-1-2-6-11(10)16-9-17-13/h1-2,5-6,9H,3-4,7-8H2,(H3,14,15). The van der Waals surface area contributed by atoms with Gasteiger partial charge in [0.05, 0.1) is 11.4 Å². The van der Waals surface area contributed by atoms with Crippen LogP contribution in [0.25, 0.3) is 10.9 Å². The Balaban J connectivity index is 1.93. The van der Waals surface area contributed by atoms with Crippen molar-refractivity contribution in [2.45, 2.75) is 24.3 Å². The van der Waals surface area contributed by atoms with Gasteiger partial charge in [0.15, 0.2) is 0 Å².